The molecule has 15 heavy (non-hydrogen) atoms. The van der Waals surface area contributed by atoms with Crippen LogP contribution in [0.5, 0.6) is 0 Å². The largest absolute Gasteiger partial charge is 0.298 e. The molecule has 1 aromatic carbocycles. The third kappa shape index (κ3) is 2.63. The second-order valence-electron chi connectivity index (χ2n) is 3.96. The van der Waals surface area contributed by atoms with Crippen LogP contribution in [0, 0.1) is 11.7 Å². The maximum Gasteiger partial charge on any atom is 0.141 e. The number of hydrogen-bond donors (Lipinski definition) is 0. The van der Waals surface area contributed by atoms with Gasteiger partial charge in [-0.2, -0.15) is 0 Å². The van der Waals surface area contributed by atoms with Crippen LogP contribution in [0.1, 0.15) is 5.56 Å². The minimum absolute atomic E-state index is 0.196. The molecule has 1 nitrogen and oxygen atoms in total. The molecule has 0 unspecified atom stereocenters. The molecule has 0 radical (unpaired) electrons. The molecular weight excluding hydrogens is 236 g/mol. The predicted octanol–water partition coefficient (Wildman–Crippen LogP) is 3.15. The van der Waals surface area contributed by atoms with Gasteiger partial charge in [-0.15, -0.1) is 11.6 Å². The molecule has 0 spiro atoms. The van der Waals surface area contributed by atoms with E-state index in [4.69, 9.17) is 23.2 Å². The Morgan fingerprint density at radius 2 is 2.13 bits per heavy atom. The van der Waals surface area contributed by atoms with Gasteiger partial charge in [0.25, 0.3) is 0 Å². The van der Waals surface area contributed by atoms with Crippen molar-refractivity contribution in [2.45, 2.75) is 6.54 Å². The van der Waals surface area contributed by atoms with Crippen molar-refractivity contribution in [3.63, 3.8) is 0 Å². The van der Waals surface area contributed by atoms with Gasteiger partial charge in [-0.1, -0.05) is 17.7 Å². The van der Waals surface area contributed by atoms with E-state index >= 15 is 0 Å². The lowest BCUT2D eigenvalue weighted by molar-refractivity contribution is 0.107. The van der Waals surface area contributed by atoms with Gasteiger partial charge in [-0.3, -0.25) is 4.90 Å². The van der Waals surface area contributed by atoms with Gasteiger partial charge in [0.1, 0.15) is 5.82 Å². The van der Waals surface area contributed by atoms with E-state index in [9.17, 15) is 4.39 Å². The van der Waals surface area contributed by atoms with Gasteiger partial charge in [-0.05, 0) is 23.6 Å². The maximum atomic E-state index is 12.9. The molecule has 1 fully saturated rings. The molecule has 2 rings (SSSR count). The first-order valence-electron chi connectivity index (χ1n) is 4.91. The number of rotatable bonds is 3. The molecular formula is C11H12Cl2FN. The van der Waals surface area contributed by atoms with Gasteiger partial charge in [0, 0.05) is 25.5 Å². The van der Waals surface area contributed by atoms with Crippen LogP contribution in [0.15, 0.2) is 18.2 Å². The Hall–Kier alpha value is -0.310. The molecule has 1 aromatic rings. The molecule has 0 saturated carbocycles. The molecule has 0 aromatic heterocycles. The molecule has 1 aliphatic rings. The summed E-state index contributed by atoms with van der Waals surface area (Å²) in [6, 6.07) is 4.87. The Labute approximate surface area is 98.8 Å². The molecule has 0 amide bonds. The summed E-state index contributed by atoms with van der Waals surface area (Å²) >= 11 is 11.4. The van der Waals surface area contributed by atoms with Crippen molar-refractivity contribution in [3.8, 4) is 0 Å². The van der Waals surface area contributed by atoms with Crippen LogP contribution in [-0.4, -0.2) is 23.9 Å². The van der Waals surface area contributed by atoms with Crippen molar-refractivity contribution in [1.29, 1.82) is 0 Å². The van der Waals surface area contributed by atoms with Gasteiger partial charge < -0.3 is 0 Å². The summed E-state index contributed by atoms with van der Waals surface area (Å²) in [7, 11) is 0. The lowest BCUT2D eigenvalue weighted by atomic mass is 10.0. The summed E-state index contributed by atoms with van der Waals surface area (Å²) in [5, 5.41) is 0.196. The van der Waals surface area contributed by atoms with Crippen molar-refractivity contribution in [2.75, 3.05) is 19.0 Å². The second kappa shape index (κ2) is 4.69. The lowest BCUT2D eigenvalue weighted by Crippen LogP contribution is -2.46. The highest BCUT2D eigenvalue weighted by atomic mass is 35.5. The quantitative estimate of drug-likeness (QED) is 0.743. The van der Waals surface area contributed by atoms with Crippen molar-refractivity contribution in [1.82, 2.24) is 4.90 Å². The molecule has 82 valence electrons. The summed E-state index contributed by atoms with van der Waals surface area (Å²) < 4.78 is 12.9. The molecule has 0 atom stereocenters. The van der Waals surface area contributed by atoms with Gasteiger partial charge in [-0.25, -0.2) is 4.39 Å². The molecule has 1 aliphatic heterocycles. The zero-order valence-corrected chi connectivity index (χ0v) is 9.73. The highest BCUT2D eigenvalue weighted by Gasteiger charge is 2.25. The first-order chi connectivity index (χ1) is 7.19. The molecule has 1 heterocycles. The SMILES string of the molecule is Fc1ccc(CN2CC(CCl)C2)cc1Cl. The maximum absolute atomic E-state index is 12.9. The van der Waals surface area contributed by atoms with Crippen LogP contribution in [0.4, 0.5) is 4.39 Å². The van der Waals surface area contributed by atoms with Crippen LogP contribution in [0.2, 0.25) is 5.02 Å². The van der Waals surface area contributed by atoms with E-state index in [1.165, 1.54) is 6.07 Å². The number of benzene rings is 1. The molecule has 0 bridgehead atoms. The number of halogens is 3. The fraction of sp³-hybridized carbons (Fsp3) is 0.455. The minimum Gasteiger partial charge on any atom is -0.298 e. The third-order valence-corrected chi connectivity index (χ3v) is 3.37. The summed E-state index contributed by atoms with van der Waals surface area (Å²) in [6.45, 7) is 2.88. The van der Waals surface area contributed by atoms with Crippen LogP contribution < -0.4 is 0 Å². The van der Waals surface area contributed by atoms with E-state index < -0.39 is 0 Å². The normalized spacial score (nSPS) is 17.8. The fourth-order valence-corrected chi connectivity index (χ4v) is 2.20. The average molecular weight is 248 g/mol. The predicted molar refractivity (Wildman–Crippen MR) is 60.9 cm³/mol. The standard InChI is InChI=1S/C11H12Cl2FN/c12-4-9-6-15(7-9)5-8-1-2-11(14)10(13)3-8/h1-3,9H,4-7H2. The van der Waals surface area contributed by atoms with Crippen LogP contribution in [0.25, 0.3) is 0 Å². The fourth-order valence-electron chi connectivity index (χ4n) is 1.80. The number of likely N-dealkylation sites (tertiary alicyclic amines) is 1. The van der Waals surface area contributed by atoms with Crippen molar-refractivity contribution < 1.29 is 4.39 Å². The number of hydrogen-bond acceptors (Lipinski definition) is 1. The molecule has 4 heteroatoms. The Morgan fingerprint density at radius 3 is 2.73 bits per heavy atom. The van der Waals surface area contributed by atoms with Crippen LogP contribution >= 0.6 is 23.2 Å². The minimum atomic E-state index is -0.359. The van der Waals surface area contributed by atoms with E-state index in [0.717, 1.165) is 31.1 Å². The van der Waals surface area contributed by atoms with Gasteiger partial charge in [0.05, 0.1) is 5.02 Å². The van der Waals surface area contributed by atoms with E-state index in [-0.39, 0.29) is 10.8 Å². The number of alkyl halides is 1. The van der Waals surface area contributed by atoms with E-state index in [1.54, 1.807) is 12.1 Å². The van der Waals surface area contributed by atoms with Crippen molar-refractivity contribution in [3.05, 3.63) is 34.6 Å². The first-order valence-corrected chi connectivity index (χ1v) is 5.82. The molecule has 0 aliphatic carbocycles. The second-order valence-corrected chi connectivity index (χ2v) is 4.68. The monoisotopic (exact) mass is 247 g/mol. The number of nitrogens with zero attached hydrogens (tertiary/aromatic N) is 1. The van der Waals surface area contributed by atoms with Gasteiger partial charge in [0.15, 0.2) is 0 Å². The lowest BCUT2D eigenvalue weighted by Gasteiger charge is -2.38. The topological polar surface area (TPSA) is 3.24 Å². The summed E-state index contributed by atoms with van der Waals surface area (Å²) in [5.41, 5.74) is 1.05. The highest BCUT2D eigenvalue weighted by Crippen LogP contribution is 2.22. The van der Waals surface area contributed by atoms with E-state index in [1.807, 2.05) is 0 Å². The van der Waals surface area contributed by atoms with E-state index in [2.05, 4.69) is 4.90 Å². The summed E-state index contributed by atoms with van der Waals surface area (Å²) in [5.74, 6) is 0.978. The smallest absolute Gasteiger partial charge is 0.141 e. The highest BCUT2D eigenvalue weighted by molar-refractivity contribution is 6.30. The van der Waals surface area contributed by atoms with Gasteiger partial charge >= 0.3 is 0 Å². The van der Waals surface area contributed by atoms with Crippen LogP contribution in [0.3, 0.4) is 0 Å². The third-order valence-electron chi connectivity index (χ3n) is 2.64. The van der Waals surface area contributed by atoms with Crippen molar-refractivity contribution in [2.24, 2.45) is 5.92 Å². The molecule has 0 N–H and O–H groups in total. The Balaban J connectivity index is 1.92. The summed E-state index contributed by atoms with van der Waals surface area (Å²) in [6.07, 6.45) is 0. The van der Waals surface area contributed by atoms with Crippen molar-refractivity contribution >= 4 is 23.2 Å². The van der Waals surface area contributed by atoms with E-state index in [0.29, 0.717) is 5.92 Å². The summed E-state index contributed by atoms with van der Waals surface area (Å²) in [4.78, 5) is 2.27. The Kier molecular flexibility index (Phi) is 3.49. The Morgan fingerprint density at radius 1 is 1.40 bits per heavy atom. The molecule has 1 saturated heterocycles. The average Bonchev–Trinajstić information content (AvgIpc) is 2.16. The first kappa shape index (κ1) is 11.2. The van der Waals surface area contributed by atoms with Crippen LogP contribution in [-0.2, 0) is 6.54 Å². The zero-order valence-electron chi connectivity index (χ0n) is 8.22. The zero-order chi connectivity index (χ0) is 10.8. The Bertz CT molecular complexity index is 350. The van der Waals surface area contributed by atoms with Gasteiger partial charge in [0.2, 0.25) is 0 Å².